The number of carbonyl (C=O) groups is 3. The van der Waals surface area contributed by atoms with Crippen molar-refractivity contribution in [3.63, 3.8) is 0 Å². The van der Waals surface area contributed by atoms with E-state index in [0.717, 1.165) is 17.8 Å². The van der Waals surface area contributed by atoms with Gasteiger partial charge in [0.05, 0.1) is 30.5 Å². The number of ketones is 1. The Bertz CT molecular complexity index is 1560. The zero-order valence-electron chi connectivity index (χ0n) is 23.8. The van der Waals surface area contributed by atoms with Gasteiger partial charge in [0.25, 0.3) is 5.78 Å². The van der Waals surface area contributed by atoms with Gasteiger partial charge in [-0.05, 0) is 62.1 Å². The minimum atomic E-state index is -1.05. The molecule has 2 aliphatic heterocycles. The van der Waals surface area contributed by atoms with Gasteiger partial charge in [-0.1, -0.05) is 37.3 Å². The van der Waals surface area contributed by atoms with Gasteiger partial charge in [0.1, 0.15) is 29.6 Å². The number of nitrogens with zero attached hydrogens (tertiary/aromatic N) is 2. The molecule has 0 saturated carbocycles. The summed E-state index contributed by atoms with van der Waals surface area (Å²) < 4.78 is 22.4. The number of rotatable bonds is 9. The predicted octanol–water partition coefficient (Wildman–Crippen LogP) is 5.45. The zero-order chi connectivity index (χ0) is 30.0. The number of hydrogen-bond donors (Lipinski definition) is 1. The van der Waals surface area contributed by atoms with Crippen LogP contribution < -0.4 is 19.1 Å². The lowest BCUT2D eigenvalue weighted by Crippen LogP contribution is -2.29. The smallest absolute Gasteiger partial charge is 0.350 e. The van der Waals surface area contributed by atoms with Crippen molar-refractivity contribution in [3.05, 3.63) is 69.7 Å². The van der Waals surface area contributed by atoms with E-state index in [4.69, 9.17) is 18.9 Å². The summed E-state index contributed by atoms with van der Waals surface area (Å²) in [6, 6.07) is 10.8. The monoisotopic (exact) mass is 592 g/mol. The maximum Gasteiger partial charge on any atom is 0.350 e. The number of benzene rings is 2. The first-order valence-electron chi connectivity index (χ1n) is 13.8. The van der Waals surface area contributed by atoms with E-state index >= 15 is 0 Å². The van der Waals surface area contributed by atoms with Crippen LogP contribution in [0.4, 0.5) is 5.13 Å². The Hall–Kier alpha value is -4.38. The van der Waals surface area contributed by atoms with Crippen LogP contribution in [0.5, 0.6) is 17.2 Å². The average molecular weight is 593 g/mol. The lowest BCUT2D eigenvalue weighted by atomic mass is 9.95. The third kappa shape index (κ3) is 5.69. The molecule has 0 bridgehead atoms. The molecule has 11 heteroatoms. The van der Waals surface area contributed by atoms with Gasteiger partial charge in [0, 0.05) is 5.56 Å². The normalized spacial score (nSPS) is 17.5. The number of aromatic nitrogens is 1. The molecular weight excluding hydrogens is 560 g/mol. The van der Waals surface area contributed by atoms with Gasteiger partial charge in [-0.3, -0.25) is 14.5 Å². The number of thiazole rings is 1. The molecule has 2 aliphatic rings. The fourth-order valence-electron chi connectivity index (χ4n) is 4.75. The molecule has 10 nitrogen and oxygen atoms in total. The summed E-state index contributed by atoms with van der Waals surface area (Å²) >= 11 is 0.954. The third-order valence-corrected chi connectivity index (χ3v) is 7.99. The van der Waals surface area contributed by atoms with Crippen molar-refractivity contribution in [2.24, 2.45) is 5.92 Å². The number of esters is 1. The molecule has 1 amide bonds. The molecule has 1 atom stereocenters. The van der Waals surface area contributed by atoms with E-state index in [1.165, 1.54) is 4.90 Å². The standard InChI is InChI=1S/C31H32N2O8S/c1-5-38-30(37)28-18(4)32-31(42-28)33-25(19-7-6-8-21(15-19)39-12-11-17(2)3)24(27(35)29(33)36)26(34)20-9-10-22-23(16-20)41-14-13-40-22/h6-10,15-17,25,34H,5,11-14H2,1-4H3/b26-24+. The number of ether oxygens (including phenoxy) is 4. The topological polar surface area (TPSA) is 124 Å². The van der Waals surface area contributed by atoms with Crippen molar-refractivity contribution in [2.75, 3.05) is 31.3 Å². The molecule has 3 heterocycles. The van der Waals surface area contributed by atoms with Gasteiger partial charge in [0.15, 0.2) is 16.6 Å². The van der Waals surface area contributed by atoms with E-state index in [2.05, 4.69) is 18.8 Å². The van der Waals surface area contributed by atoms with Crippen LogP contribution in [0.1, 0.15) is 59.7 Å². The van der Waals surface area contributed by atoms with E-state index in [0.29, 0.717) is 54.2 Å². The Morgan fingerprint density at radius 2 is 1.90 bits per heavy atom. The number of aliphatic hydroxyl groups excluding tert-OH is 1. The Kier molecular flexibility index (Phi) is 8.49. The summed E-state index contributed by atoms with van der Waals surface area (Å²) in [5.41, 5.74) is 1.06. The van der Waals surface area contributed by atoms with Crippen LogP contribution >= 0.6 is 11.3 Å². The molecule has 1 N–H and O–H groups in total. The number of hydrogen-bond acceptors (Lipinski definition) is 10. The molecule has 0 spiro atoms. The predicted molar refractivity (Wildman–Crippen MR) is 156 cm³/mol. The number of carbonyl (C=O) groups excluding carboxylic acids is 3. The van der Waals surface area contributed by atoms with Crippen LogP contribution in [-0.4, -0.2) is 54.2 Å². The van der Waals surface area contributed by atoms with Crippen molar-refractivity contribution < 1.29 is 38.4 Å². The van der Waals surface area contributed by atoms with Gasteiger partial charge in [-0.2, -0.15) is 0 Å². The lowest BCUT2D eigenvalue weighted by molar-refractivity contribution is -0.132. The van der Waals surface area contributed by atoms with E-state index in [-0.39, 0.29) is 33.5 Å². The third-order valence-electron chi connectivity index (χ3n) is 6.85. The second-order valence-electron chi connectivity index (χ2n) is 10.3. The molecule has 1 fully saturated rings. The molecule has 5 rings (SSSR count). The van der Waals surface area contributed by atoms with Gasteiger partial charge in [0.2, 0.25) is 0 Å². The van der Waals surface area contributed by atoms with Crippen LogP contribution in [0.15, 0.2) is 48.0 Å². The van der Waals surface area contributed by atoms with E-state index in [1.54, 1.807) is 56.3 Å². The van der Waals surface area contributed by atoms with Crippen LogP contribution in [0, 0.1) is 12.8 Å². The first kappa shape index (κ1) is 29.1. The molecule has 3 aromatic rings. The number of Topliss-reactive ketones (excluding diaryl/α,β-unsaturated/α-hetero) is 1. The highest BCUT2D eigenvalue weighted by molar-refractivity contribution is 7.17. The highest BCUT2D eigenvalue weighted by Crippen LogP contribution is 2.45. The maximum atomic E-state index is 13.6. The zero-order valence-corrected chi connectivity index (χ0v) is 24.7. The van der Waals surface area contributed by atoms with Crippen LogP contribution in [0.2, 0.25) is 0 Å². The largest absolute Gasteiger partial charge is 0.507 e. The first-order valence-corrected chi connectivity index (χ1v) is 14.6. The van der Waals surface area contributed by atoms with Gasteiger partial charge in [-0.15, -0.1) is 0 Å². The quantitative estimate of drug-likeness (QED) is 0.149. The van der Waals surface area contributed by atoms with Crippen molar-refractivity contribution in [1.29, 1.82) is 0 Å². The summed E-state index contributed by atoms with van der Waals surface area (Å²) in [4.78, 5) is 45.7. The summed E-state index contributed by atoms with van der Waals surface area (Å²) in [5.74, 6) is -0.754. The summed E-state index contributed by atoms with van der Waals surface area (Å²) in [7, 11) is 0. The van der Waals surface area contributed by atoms with Gasteiger partial charge < -0.3 is 24.1 Å². The average Bonchev–Trinajstić information content (AvgIpc) is 3.48. The van der Waals surface area contributed by atoms with Gasteiger partial charge >= 0.3 is 11.9 Å². The number of amides is 1. The molecule has 0 aliphatic carbocycles. The van der Waals surface area contributed by atoms with Crippen LogP contribution in [-0.2, 0) is 14.3 Å². The van der Waals surface area contributed by atoms with Crippen molar-refractivity contribution in [3.8, 4) is 17.2 Å². The lowest BCUT2D eigenvalue weighted by Gasteiger charge is -2.24. The van der Waals surface area contributed by atoms with E-state index < -0.39 is 23.7 Å². The summed E-state index contributed by atoms with van der Waals surface area (Å²) in [6.07, 6.45) is 0.849. The highest BCUT2D eigenvalue weighted by atomic mass is 32.1. The molecule has 1 unspecified atom stereocenters. The summed E-state index contributed by atoms with van der Waals surface area (Å²) in [5, 5.41) is 11.7. The fraction of sp³-hybridized carbons (Fsp3) is 0.355. The number of fused-ring (bicyclic) bond motifs is 1. The van der Waals surface area contributed by atoms with Crippen LogP contribution in [0.25, 0.3) is 5.76 Å². The Labute approximate surface area is 247 Å². The fourth-order valence-corrected chi connectivity index (χ4v) is 5.74. The molecule has 1 saturated heterocycles. The minimum Gasteiger partial charge on any atom is -0.507 e. The van der Waals surface area contributed by atoms with Crippen LogP contribution in [0.3, 0.4) is 0 Å². The van der Waals surface area contributed by atoms with E-state index in [9.17, 15) is 19.5 Å². The number of aryl methyl sites for hydroxylation is 1. The molecule has 2 aromatic carbocycles. The van der Waals surface area contributed by atoms with Crippen molar-refractivity contribution >= 4 is 39.9 Å². The molecule has 1 aromatic heterocycles. The summed E-state index contributed by atoms with van der Waals surface area (Å²) in [6.45, 7) is 8.95. The Morgan fingerprint density at radius 3 is 2.64 bits per heavy atom. The number of aliphatic hydroxyl groups is 1. The molecule has 220 valence electrons. The molecule has 42 heavy (non-hydrogen) atoms. The Morgan fingerprint density at radius 1 is 1.14 bits per heavy atom. The number of anilines is 1. The van der Waals surface area contributed by atoms with Gasteiger partial charge in [-0.25, -0.2) is 9.78 Å². The molecular formula is C31H32N2O8S. The van der Waals surface area contributed by atoms with Crippen molar-refractivity contribution in [1.82, 2.24) is 4.98 Å². The highest BCUT2D eigenvalue weighted by Gasteiger charge is 2.48. The van der Waals surface area contributed by atoms with E-state index in [1.807, 2.05) is 0 Å². The SMILES string of the molecule is CCOC(=O)c1sc(N2C(=O)C(=O)/C(=C(/O)c3ccc4c(c3)OCCO4)C2c2cccc(OCCC(C)C)c2)nc1C. The maximum absolute atomic E-state index is 13.6. The van der Waals surface area contributed by atoms with Crippen molar-refractivity contribution in [2.45, 2.75) is 40.2 Å². The minimum absolute atomic E-state index is 0.124. The second-order valence-corrected chi connectivity index (χ2v) is 11.2. The second kappa shape index (κ2) is 12.2. The molecule has 0 radical (unpaired) electrons. The Balaban J connectivity index is 1.63. The first-order chi connectivity index (χ1) is 20.2.